The van der Waals surface area contributed by atoms with Gasteiger partial charge in [-0.25, -0.2) is 0 Å². The first-order valence-electron chi connectivity index (χ1n) is 6.23. The van der Waals surface area contributed by atoms with Crippen molar-refractivity contribution in [1.29, 1.82) is 0 Å². The SMILES string of the molecule is O.O.O.O.O=C([O-])CC(O)(CC(=O)[O-])C(=O)[O-].O=C([O-])CC(O)(CC(=O)[O-])C(=O)[O-].[Ca+2].[Ca+2].[Ca+2].[Ca+2]. The van der Waals surface area contributed by atoms with Crippen LogP contribution in [0.4, 0.5) is 0 Å². The van der Waals surface area contributed by atoms with Crippen molar-refractivity contribution in [3.63, 3.8) is 0 Å². The number of aliphatic hydroxyl groups is 2. The van der Waals surface area contributed by atoms with Crippen molar-refractivity contribution in [1.82, 2.24) is 0 Å². The maximum Gasteiger partial charge on any atom is 2.00 e. The normalized spacial score (nSPS) is 8.29. The molecule has 18 nitrogen and oxygen atoms in total. The summed E-state index contributed by atoms with van der Waals surface area (Å²) >= 11 is 0. The minimum Gasteiger partial charge on any atom is -0.550 e. The molecule has 0 radical (unpaired) electrons. The molecule has 0 fully saturated rings. The molecular formula is C12H18Ca4O18+2. The predicted octanol–water partition coefficient (Wildman–Crippen LogP) is -15.3. The maximum atomic E-state index is 10.1. The van der Waals surface area contributed by atoms with Gasteiger partial charge in [-0.1, -0.05) is 0 Å². The van der Waals surface area contributed by atoms with Gasteiger partial charge in [0.2, 0.25) is 0 Å². The van der Waals surface area contributed by atoms with Crippen molar-refractivity contribution >= 4 is 187 Å². The molecule has 0 aromatic rings. The summed E-state index contributed by atoms with van der Waals surface area (Å²) < 4.78 is 0. The second kappa shape index (κ2) is 30.8. The molecule has 0 atom stereocenters. The first kappa shape index (κ1) is 65.0. The van der Waals surface area contributed by atoms with Gasteiger partial charge in [0, 0.05) is 49.6 Å². The topological polar surface area (TPSA) is 407 Å². The Bertz CT molecular complexity index is 528. The second-order valence-electron chi connectivity index (χ2n) is 4.83. The summed E-state index contributed by atoms with van der Waals surface area (Å²) in [6, 6.07) is 0. The van der Waals surface area contributed by atoms with Crippen LogP contribution in [0.5, 0.6) is 0 Å². The minimum absolute atomic E-state index is 0. The van der Waals surface area contributed by atoms with Crippen LogP contribution >= 0.6 is 0 Å². The van der Waals surface area contributed by atoms with E-state index in [0.717, 1.165) is 0 Å². The van der Waals surface area contributed by atoms with Gasteiger partial charge in [0.15, 0.2) is 0 Å². The van der Waals surface area contributed by atoms with Gasteiger partial charge in [-0.05, 0) is 0 Å². The first-order valence-corrected chi connectivity index (χ1v) is 6.23. The summed E-state index contributed by atoms with van der Waals surface area (Å²) in [5.41, 5.74) is -5.95. The van der Waals surface area contributed by atoms with Crippen molar-refractivity contribution in [3.8, 4) is 0 Å². The molecule has 10 N–H and O–H groups in total. The van der Waals surface area contributed by atoms with E-state index in [4.69, 9.17) is 10.2 Å². The molecule has 0 aliphatic rings. The molecule has 0 unspecified atom stereocenters. The minimum atomic E-state index is -2.97. The van der Waals surface area contributed by atoms with Crippen LogP contribution in [-0.2, 0) is 28.8 Å². The van der Waals surface area contributed by atoms with E-state index in [1.807, 2.05) is 0 Å². The van der Waals surface area contributed by atoms with E-state index in [9.17, 15) is 59.4 Å². The van der Waals surface area contributed by atoms with Crippen LogP contribution in [0.15, 0.2) is 0 Å². The summed E-state index contributed by atoms with van der Waals surface area (Å²) in [6.07, 6.45) is -5.43. The fourth-order valence-corrected chi connectivity index (χ4v) is 1.37. The van der Waals surface area contributed by atoms with Crippen LogP contribution in [0, 0.1) is 0 Å². The van der Waals surface area contributed by atoms with Crippen molar-refractivity contribution in [2.24, 2.45) is 0 Å². The number of hydrogen-bond donors (Lipinski definition) is 2. The molecule has 0 saturated heterocycles. The van der Waals surface area contributed by atoms with Gasteiger partial charge in [-0.2, -0.15) is 0 Å². The standard InChI is InChI=1S/2C6H8O7.4Ca.4H2O/c2*7-3(8)1-6(13,5(11)12)2-4(9)10;;;;;;;;/h2*13H,1-2H2,(H,7,8)(H,9,10)(H,11,12);;;;;4*1H2/q;;4*+2;;;;/p-6. The molecule has 0 rings (SSSR count). The molecule has 0 aliphatic carbocycles. The molecule has 180 valence electrons. The Kier molecular flexibility index (Phi) is 59.0. The van der Waals surface area contributed by atoms with E-state index in [0.29, 0.717) is 0 Å². The van der Waals surface area contributed by atoms with E-state index >= 15 is 0 Å². The van der Waals surface area contributed by atoms with Crippen LogP contribution in [0.2, 0.25) is 0 Å². The van der Waals surface area contributed by atoms with Crippen molar-refractivity contribution < 1.29 is 91.5 Å². The third-order valence-corrected chi connectivity index (χ3v) is 2.51. The zero-order valence-electron chi connectivity index (χ0n) is 17.5. The van der Waals surface area contributed by atoms with E-state index in [1.54, 1.807) is 0 Å². The van der Waals surface area contributed by atoms with Crippen molar-refractivity contribution in [2.75, 3.05) is 0 Å². The van der Waals surface area contributed by atoms with Gasteiger partial charge in [0.1, 0.15) is 11.2 Å². The second-order valence-corrected chi connectivity index (χ2v) is 4.83. The molecule has 0 saturated carbocycles. The zero-order chi connectivity index (χ0) is 21.3. The Labute approximate surface area is 309 Å². The van der Waals surface area contributed by atoms with Crippen LogP contribution in [0.1, 0.15) is 25.7 Å². The Morgan fingerprint density at radius 1 is 0.441 bits per heavy atom. The van der Waals surface area contributed by atoms with Crippen molar-refractivity contribution in [3.05, 3.63) is 0 Å². The Balaban J connectivity index is -0.0000000343. The monoisotopic (exact) mass is 610 g/mol. The average molecular weight is 611 g/mol. The molecule has 0 aromatic heterocycles. The van der Waals surface area contributed by atoms with Gasteiger partial charge in [0.25, 0.3) is 0 Å². The van der Waals surface area contributed by atoms with E-state index in [-0.39, 0.29) is 173 Å². The third-order valence-electron chi connectivity index (χ3n) is 2.51. The Hall–Kier alpha value is 1.62. The van der Waals surface area contributed by atoms with Gasteiger partial charge in [-0.15, -0.1) is 0 Å². The predicted molar refractivity (Wildman–Crippen MR) is 95.9 cm³/mol. The third kappa shape index (κ3) is 31.6. The van der Waals surface area contributed by atoms with E-state index in [2.05, 4.69) is 0 Å². The molecule has 0 aliphatic heterocycles. The van der Waals surface area contributed by atoms with Crippen LogP contribution in [-0.4, -0.2) is 230 Å². The molecular weight excluding hydrogens is 592 g/mol. The fraction of sp³-hybridized carbons (Fsp3) is 0.500. The van der Waals surface area contributed by atoms with Crippen LogP contribution < -0.4 is 30.6 Å². The maximum absolute atomic E-state index is 10.1. The number of carboxylic acids is 6. The number of aliphatic carboxylic acids is 6. The van der Waals surface area contributed by atoms with Crippen LogP contribution in [0.25, 0.3) is 0 Å². The number of carbonyl (C=O) groups is 6. The largest absolute Gasteiger partial charge is 2.00 e. The molecule has 0 spiro atoms. The Morgan fingerprint density at radius 2 is 0.559 bits per heavy atom. The number of carboxylic acid groups (broad SMARTS) is 6. The molecule has 0 heterocycles. The molecule has 34 heavy (non-hydrogen) atoms. The molecule has 0 amide bonds. The average Bonchev–Trinajstić information content (AvgIpc) is 2.34. The smallest absolute Gasteiger partial charge is 0.550 e. The number of rotatable bonds is 10. The van der Waals surface area contributed by atoms with Gasteiger partial charge in [-0.3, -0.25) is 0 Å². The molecule has 22 heteroatoms. The van der Waals surface area contributed by atoms with Gasteiger partial charge >= 0.3 is 151 Å². The fourth-order valence-electron chi connectivity index (χ4n) is 1.37. The molecule has 0 bridgehead atoms. The van der Waals surface area contributed by atoms with Gasteiger partial charge < -0.3 is 91.5 Å². The number of carbonyl (C=O) groups excluding carboxylic acids is 6. The quantitative estimate of drug-likeness (QED) is 0.217. The zero-order valence-corrected chi connectivity index (χ0v) is 26.3. The summed E-state index contributed by atoms with van der Waals surface area (Å²) in [6.45, 7) is 0. The summed E-state index contributed by atoms with van der Waals surface area (Å²) in [7, 11) is 0. The van der Waals surface area contributed by atoms with E-state index in [1.165, 1.54) is 0 Å². The van der Waals surface area contributed by atoms with Gasteiger partial charge in [0.05, 0.1) is 11.9 Å². The van der Waals surface area contributed by atoms with E-state index < -0.39 is 72.7 Å². The van der Waals surface area contributed by atoms with Crippen molar-refractivity contribution in [2.45, 2.75) is 36.9 Å². The Morgan fingerprint density at radius 3 is 0.618 bits per heavy atom. The summed E-state index contributed by atoms with van der Waals surface area (Å²) in [4.78, 5) is 60.0. The number of hydrogen-bond acceptors (Lipinski definition) is 14. The summed E-state index contributed by atoms with van der Waals surface area (Å²) in [5.74, 6) is -12.0. The molecule has 0 aromatic carbocycles. The summed E-state index contributed by atoms with van der Waals surface area (Å²) in [5, 5.41) is 77.9. The van der Waals surface area contributed by atoms with Crippen LogP contribution in [0.3, 0.4) is 0 Å². The first-order chi connectivity index (χ1) is 11.6.